The van der Waals surface area contributed by atoms with Gasteiger partial charge in [0.1, 0.15) is 0 Å². The Hall–Kier alpha value is -2.89. The van der Waals surface area contributed by atoms with Crippen molar-refractivity contribution >= 4 is 17.6 Å². The molecule has 24 heavy (non-hydrogen) atoms. The van der Waals surface area contributed by atoms with Gasteiger partial charge in [-0.1, -0.05) is 6.07 Å². The second kappa shape index (κ2) is 9.29. The molecule has 6 heteroatoms. The Bertz CT molecular complexity index is 657. The molecule has 0 spiro atoms. The van der Waals surface area contributed by atoms with Crippen LogP contribution >= 0.6 is 0 Å². The first-order valence-electron chi connectivity index (χ1n) is 7.86. The van der Waals surface area contributed by atoms with E-state index < -0.39 is 0 Å². The van der Waals surface area contributed by atoms with Crippen molar-refractivity contribution in [2.24, 2.45) is 0 Å². The Labute approximate surface area is 141 Å². The highest BCUT2D eigenvalue weighted by molar-refractivity contribution is 5.89. The second-order valence-electron chi connectivity index (χ2n) is 5.07. The SMILES string of the molecule is CCOC(=O)c1ccc(NCCC(=O)NCc2ccccn2)cc1. The average molecular weight is 327 g/mol. The summed E-state index contributed by atoms with van der Waals surface area (Å²) in [7, 11) is 0. The highest BCUT2D eigenvalue weighted by Crippen LogP contribution is 2.10. The lowest BCUT2D eigenvalue weighted by molar-refractivity contribution is -0.121. The van der Waals surface area contributed by atoms with E-state index in [0.717, 1.165) is 11.4 Å². The topological polar surface area (TPSA) is 80.3 Å². The van der Waals surface area contributed by atoms with Crippen molar-refractivity contribution in [2.45, 2.75) is 19.9 Å². The zero-order chi connectivity index (χ0) is 17.2. The first-order valence-corrected chi connectivity index (χ1v) is 7.86. The molecule has 0 bridgehead atoms. The molecule has 2 rings (SSSR count). The molecule has 1 heterocycles. The first-order chi connectivity index (χ1) is 11.7. The third-order valence-corrected chi connectivity index (χ3v) is 3.27. The number of pyridine rings is 1. The molecule has 0 aliphatic carbocycles. The van der Waals surface area contributed by atoms with E-state index in [1.54, 1.807) is 37.4 Å². The van der Waals surface area contributed by atoms with Crippen LogP contribution in [0, 0.1) is 0 Å². The molecule has 0 saturated carbocycles. The molecule has 1 aromatic carbocycles. The first kappa shape index (κ1) is 17.5. The Morgan fingerprint density at radius 1 is 1.12 bits per heavy atom. The summed E-state index contributed by atoms with van der Waals surface area (Å²) in [5, 5.41) is 5.96. The van der Waals surface area contributed by atoms with Gasteiger partial charge >= 0.3 is 5.97 Å². The minimum Gasteiger partial charge on any atom is -0.462 e. The van der Waals surface area contributed by atoms with Crippen LogP contribution in [0.4, 0.5) is 5.69 Å². The Morgan fingerprint density at radius 2 is 1.92 bits per heavy atom. The van der Waals surface area contributed by atoms with Crippen molar-refractivity contribution < 1.29 is 14.3 Å². The Balaban J connectivity index is 1.69. The Morgan fingerprint density at radius 3 is 2.58 bits per heavy atom. The molecule has 126 valence electrons. The molecule has 1 amide bonds. The fourth-order valence-electron chi connectivity index (χ4n) is 2.04. The quantitative estimate of drug-likeness (QED) is 0.728. The molecule has 2 aromatic rings. The van der Waals surface area contributed by atoms with Crippen LogP contribution in [0.25, 0.3) is 0 Å². The van der Waals surface area contributed by atoms with Gasteiger partial charge in [0.25, 0.3) is 0 Å². The minimum absolute atomic E-state index is 0.0451. The summed E-state index contributed by atoms with van der Waals surface area (Å²) in [6, 6.07) is 12.6. The standard InChI is InChI=1S/C18H21N3O3/c1-2-24-18(23)14-6-8-15(9-7-14)20-12-10-17(22)21-13-16-5-3-4-11-19-16/h3-9,11,20H,2,10,12-13H2,1H3,(H,21,22). The number of anilines is 1. The van der Waals surface area contributed by atoms with Crippen molar-refractivity contribution in [2.75, 3.05) is 18.5 Å². The van der Waals surface area contributed by atoms with Gasteiger partial charge in [-0.15, -0.1) is 0 Å². The monoisotopic (exact) mass is 327 g/mol. The third-order valence-electron chi connectivity index (χ3n) is 3.27. The number of benzene rings is 1. The predicted octanol–water partition coefficient (Wildman–Crippen LogP) is 2.38. The molecular weight excluding hydrogens is 306 g/mol. The van der Waals surface area contributed by atoms with Crippen LogP contribution in [0.1, 0.15) is 29.4 Å². The van der Waals surface area contributed by atoms with Crippen molar-refractivity contribution in [3.8, 4) is 0 Å². The van der Waals surface area contributed by atoms with Crippen molar-refractivity contribution in [1.29, 1.82) is 0 Å². The largest absolute Gasteiger partial charge is 0.462 e. The van der Waals surface area contributed by atoms with E-state index in [1.165, 1.54) is 0 Å². The Kier molecular flexibility index (Phi) is 6.76. The van der Waals surface area contributed by atoms with E-state index in [-0.39, 0.29) is 11.9 Å². The summed E-state index contributed by atoms with van der Waals surface area (Å²) in [6.45, 7) is 3.06. The lowest BCUT2D eigenvalue weighted by Crippen LogP contribution is -2.25. The van der Waals surface area contributed by atoms with Crippen molar-refractivity contribution in [3.05, 3.63) is 59.9 Å². The van der Waals surface area contributed by atoms with Gasteiger partial charge in [-0.2, -0.15) is 0 Å². The van der Waals surface area contributed by atoms with Gasteiger partial charge in [0, 0.05) is 24.8 Å². The highest BCUT2D eigenvalue weighted by Gasteiger charge is 2.06. The fourth-order valence-corrected chi connectivity index (χ4v) is 2.04. The van der Waals surface area contributed by atoms with Gasteiger partial charge in [0.15, 0.2) is 0 Å². The van der Waals surface area contributed by atoms with Gasteiger partial charge in [0.2, 0.25) is 5.91 Å². The number of nitrogens with zero attached hydrogens (tertiary/aromatic N) is 1. The lowest BCUT2D eigenvalue weighted by atomic mass is 10.2. The maximum absolute atomic E-state index is 11.8. The summed E-state index contributed by atoms with van der Waals surface area (Å²) >= 11 is 0. The number of hydrogen-bond acceptors (Lipinski definition) is 5. The smallest absolute Gasteiger partial charge is 0.338 e. The molecule has 2 N–H and O–H groups in total. The minimum atomic E-state index is -0.335. The number of aromatic nitrogens is 1. The zero-order valence-electron chi connectivity index (χ0n) is 13.6. The van der Waals surface area contributed by atoms with E-state index >= 15 is 0 Å². The number of ether oxygens (including phenoxy) is 1. The van der Waals surface area contributed by atoms with Crippen LogP contribution in [-0.2, 0) is 16.1 Å². The van der Waals surface area contributed by atoms with Crippen LogP contribution in [0.5, 0.6) is 0 Å². The number of nitrogens with one attached hydrogen (secondary N) is 2. The van der Waals surface area contributed by atoms with Gasteiger partial charge < -0.3 is 15.4 Å². The molecule has 0 aliphatic heterocycles. The van der Waals surface area contributed by atoms with Gasteiger partial charge in [-0.05, 0) is 43.3 Å². The maximum atomic E-state index is 11.8. The van der Waals surface area contributed by atoms with E-state index in [0.29, 0.717) is 31.7 Å². The van der Waals surface area contributed by atoms with E-state index in [4.69, 9.17) is 4.74 Å². The normalized spacial score (nSPS) is 10.0. The van der Waals surface area contributed by atoms with Crippen LogP contribution in [0.2, 0.25) is 0 Å². The zero-order valence-corrected chi connectivity index (χ0v) is 13.6. The van der Waals surface area contributed by atoms with Gasteiger partial charge in [-0.3, -0.25) is 9.78 Å². The van der Waals surface area contributed by atoms with E-state index in [2.05, 4.69) is 15.6 Å². The molecule has 0 radical (unpaired) electrons. The van der Waals surface area contributed by atoms with Crippen LogP contribution < -0.4 is 10.6 Å². The molecule has 0 aliphatic rings. The maximum Gasteiger partial charge on any atom is 0.338 e. The molecular formula is C18H21N3O3. The summed E-state index contributed by atoms with van der Waals surface area (Å²) in [4.78, 5) is 27.5. The van der Waals surface area contributed by atoms with Crippen LogP contribution in [0.15, 0.2) is 48.7 Å². The van der Waals surface area contributed by atoms with Crippen molar-refractivity contribution in [1.82, 2.24) is 10.3 Å². The number of rotatable bonds is 8. The van der Waals surface area contributed by atoms with E-state index in [1.807, 2.05) is 18.2 Å². The fraction of sp³-hybridized carbons (Fsp3) is 0.278. The number of amides is 1. The van der Waals surface area contributed by atoms with Crippen LogP contribution in [0.3, 0.4) is 0 Å². The number of carbonyl (C=O) groups is 2. The molecule has 0 saturated heterocycles. The number of hydrogen-bond donors (Lipinski definition) is 2. The number of esters is 1. The second-order valence-corrected chi connectivity index (χ2v) is 5.07. The van der Waals surface area contributed by atoms with Gasteiger partial charge in [0.05, 0.1) is 24.4 Å². The van der Waals surface area contributed by atoms with Crippen molar-refractivity contribution in [3.63, 3.8) is 0 Å². The van der Waals surface area contributed by atoms with Gasteiger partial charge in [-0.25, -0.2) is 4.79 Å². The average Bonchev–Trinajstić information content (AvgIpc) is 2.61. The van der Waals surface area contributed by atoms with Crippen LogP contribution in [-0.4, -0.2) is 30.0 Å². The summed E-state index contributed by atoms with van der Waals surface area (Å²) in [6.07, 6.45) is 2.05. The summed E-state index contributed by atoms with van der Waals surface area (Å²) in [5.41, 5.74) is 2.18. The highest BCUT2D eigenvalue weighted by atomic mass is 16.5. The predicted molar refractivity (Wildman–Crippen MR) is 91.6 cm³/mol. The third kappa shape index (κ3) is 5.72. The molecule has 1 aromatic heterocycles. The molecule has 0 fully saturated rings. The number of carbonyl (C=O) groups excluding carboxylic acids is 2. The molecule has 0 atom stereocenters. The summed E-state index contributed by atoms with van der Waals surface area (Å²) in [5.74, 6) is -0.380. The molecule has 0 unspecified atom stereocenters. The summed E-state index contributed by atoms with van der Waals surface area (Å²) < 4.78 is 4.93. The van der Waals surface area contributed by atoms with E-state index in [9.17, 15) is 9.59 Å². The molecule has 6 nitrogen and oxygen atoms in total. The lowest BCUT2D eigenvalue weighted by Gasteiger charge is -2.08.